The van der Waals surface area contributed by atoms with Crippen molar-refractivity contribution in [3.05, 3.63) is 11.8 Å². The predicted molar refractivity (Wildman–Crippen MR) is 55.6 cm³/mol. The molecule has 0 amide bonds. The Balaban J connectivity index is 1.98. The van der Waals surface area contributed by atoms with Crippen LogP contribution in [0.3, 0.4) is 0 Å². The fourth-order valence-electron chi connectivity index (χ4n) is 2.72. The van der Waals surface area contributed by atoms with E-state index >= 15 is 0 Å². The Labute approximate surface area is 88.4 Å². The van der Waals surface area contributed by atoms with Gasteiger partial charge in [0.1, 0.15) is 5.60 Å². The van der Waals surface area contributed by atoms with Gasteiger partial charge in [-0.25, -0.2) is 0 Å². The summed E-state index contributed by atoms with van der Waals surface area (Å²) in [4.78, 5) is 15.9. The van der Waals surface area contributed by atoms with Crippen molar-refractivity contribution in [2.24, 2.45) is 10.9 Å². The highest BCUT2D eigenvalue weighted by Crippen LogP contribution is 2.44. The van der Waals surface area contributed by atoms with Crippen molar-refractivity contribution in [1.82, 2.24) is 5.32 Å². The third-order valence-electron chi connectivity index (χ3n) is 3.55. The molecule has 3 aliphatic heterocycles. The quantitative estimate of drug-likeness (QED) is 0.592. The molecule has 1 atom stereocenters. The molecule has 0 aromatic rings. The number of fused-ring (bicyclic) bond motifs is 2. The fraction of sp³-hybridized carbons (Fsp3) is 0.636. The Morgan fingerprint density at radius 3 is 3.07 bits per heavy atom. The van der Waals surface area contributed by atoms with Crippen LogP contribution in [-0.2, 0) is 9.53 Å². The van der Waals surface area contributed by atoms with Crippen molar-refractivity contribution in [3.8, 4) is 0 Å². The van der Waals surface area contributed by atoms with Crippen LogP contribution in [0.5, 0.6) is 0 Å². The van der Waals surface area contributed by atoms with Crippen molar-refractivity contribution in [1.29, 1.82) is 0 Å². The minimum Gasteiger partial charge on any atom is -0.454 e. The summed E-state index contributed by atoms with van der Waals surface area (Å²) in [5.74, 6) is -0.116. The Bertz CT molecular complexity index is 354. The SMILES string of the molecule is O=C1OC2(CCNCC2)C2=CN=CCC12. The van der Waals surface area contributed by atoms with Crippen LogP contribution in [0, 0.1) is 5.92 Å². The second kappa shape index (κ2) is 3.17. The zero-order valence-electron chi connectivity index (χ0n) is 8.53. The Morgan fingerprint density at radius 1 is 1.47 bits per heavy atom. The summed E-state index contributed by atoms with van der Waals surface area (Å²) in [5.41, 5.74) is 0.779. The molecule has 1 N–H and O–H groups in total. The first-order valence-electron chi connectivity index (χ1n) is 5.48. The van der Waals surface area contributed by atoms with Crippen LogP contribution in [-0.4, -0.2) is 30.9 Å². The largest absolute Gasteiger partial charge is 0.454 e. The van der Waals surface area contributed by atoms with Crippen LogP contribution >= 0.6 is 0 Å². The van der Waals surface area contributed by atoms with E-state index in [1.54, 1.807) is 6.21 Å². The van der Waals surface area contributed by atoms with Crippen LogP contribution < -0.4 is 5.32 Å². The van der Waals surface area contributed by atoms with Gasteiger partial charge in [-0.15, -0.1) is 0 Å². The van der Waals surface area contributed by atoms with Crippen LogP contribution in [0.4, 0.5) is 0 Å². The van der Waals surface area contributed by atoms with Gasteiger partial charge in [-0.2, -0.15) is 0 Å². The molecule has 1 spiro atoms. The summed E-state index contributed by atoms with van der Waals surface area (Å²) >= 11 is 0. The maximum Gasteiger partial charge on any atom is 0.314 e. The average molecular weight is 206 g/mol. The van der Waals surface area contributed by atoms with E-state index in [0.29, 0.717) is 6.42 Å². The van der Waals surface area contributed by atoms with Gasteiger partial charge in [-0.3, -0.25) is 9.79 Å². The number of piperidine rings is 1. The van der Waals surface area contributed by atoms with Crippen LogP contribution in [0.25, 0.3) is 0 Å². The molecular formula is C11H14N2O2. The molecule has 0 bridgehead atoms. The molecule has 0 radical (unpaired) electrons. The monoisotopic (exact) mass is 206 g/mol. The number of esters is 1. The zero-order valence-corrected chi connectivity index (χ0v) is 8.53. The number of hydrogen-bond donors (Lipinski definition) is 1. The zero-order chi connectivity index (χ0) is 10.3. The third-order valence-corrected chi connectivity index (χ3v) is 3.55. The van der Waals surface area contributed by atoms with Gasteiger partial charge >= 0.3 is 5.97 Å². The summed E-state index contributed by atoms with van der Waals surface area (Å²) < 4.78 is 5.61. The van der Waals surface area contributed by atoms with E-state index in [4.69, 9.17) is 4.74 Å². The number of nitrogens with one attached hydrogen (secondary N) is 1. The molecule has 0 aromatic carbocycles. The molecule has 2 saturated heterocycles. The van der Waals surface area contributed by atoms with E-state index in [1.807, 2.05) is 6.20 Å². The Hall–Kier alpha value is -1.16. The molecule has 3 rings (SSSR count). The lowest BCUT2D eigenvalue weighted by molar-refractivity contribution is -0.151. The molecule has 2 fully saturated rings. The van der Waals surface area contributed by atoms with Gasteiger partial charge in [-0.1, -0.05) is 0 Å². The van der Waals surface area contributed by atoms with Gasteiger partial charge in [0.05, 0.1) is 5.92 Å². The summed E-state index contributed by atoms with van der Waals surface area (Å²) in [6.07, 6.45) is 6.12. The molecule has 4 heteroatoms. The molecule has 3 heterocycles. The van der Waals surface area contributed by atoms with Gasteiger partial charge < -0.3 is 10.1 Å². The molecule has 0 aliphatic carbocycles. The summed E-state index contributed by atoms with van der Waals surface area (Å²) in [5, 5.41) is 3.29. The minimum absolute atomic E-state index is 0.0550. The molecule has 1 unspecified atom stereocenters. The molecule has 0 aromatic heterocycles. The fourth-order valence-corrected chi connectivity index (χ4v) is 2.72. The highest BCUT2D eigenvalue weighted by molar-refractivity contribution is 5.85. The summed E-state index contributed by atoms with van der Waals surface area (Å²) in [7, 11) is 0. The van der Waals surface area contributed by atoms with Crippen LogP contribution in [0.1, 0.15) is 19.3 Å². The van der Waals surface area contributed by atoms with Crippen LogP contribution in [0.2, 0.25) is 0 Å². The highest BCUT2D eigenvalue weighted by Gasteiger charge is 2.51. The van der Waals surface area contributed by atoms with Crippen molar-refractivity contribution >= 4 is 12.2 Å². The topological polar surface area (TPSA) is 50.7 Å². The van der Waals surface area contributed by atoms with Crippen LogP contribution in [0.15, 0.2) is 16.8 Å². The molecular weight excluding hydrogens is 192 g/mol. The van der Waals surface area contributed by atoms with Gasteiger partial charge in [-0.05, 0) is 19.5 Å². The lowest BCUT2D eigenvalue weighted by atomic mass is 9.80. The smallest absolute Gasteiger partial charge is 0.314 e. The van der Waals surface area contributed by atoms with Gasteiger partial charge in [0.15, 0.2) is 0 Å². The number of aliphatic imine (C=N–C) groups is 1. The molecule has 80 valence electrons. The Kier molecular flexibility index (Phi) is 1.92. The molecule has 3 aliphatic rings. The van der Waals surface area contributed by atoms with E-state index in [-0.39, 0.29) is 17.5 Å². The number of carbonyl (C=O) groups is 1. The minimum atomic E-state index is -0.329. The van der Waals surface area contributed by atoms with E-state index in [1.165, 1.54) is 0 Å². The van der Waals surface area contributed by atoms with Gasteiger partial charge in [0, 0.05) is 30.8 Å². The normalized spacial score (nSPS) is 32.4. The second-order valence-electron chi connectivity index (χ2n) is 4.37. The molecule has 0 saturated carbocycles. The highest BCUT2D eigenvalue weighted by atomic mass is 16.6. The maximum absolute atomic E-state index is 11.7. The first-order valence-corrected chi connectivity index (χ1v) is 5.48. The second-order valence-corrected chi connectivity index (χ2v) is 4.37. The number of hydrogen-bond acceptors (Lipinski definition) is 4. The lowest BCUT2D eigenvalue weighted by Crippen LogP contribution is -2.43. The van der Waals surface area contributed by atoms with E-state index in [0.717, 1.165) is 31.5 Å². The van der Waals surface area contributed by atoms with Gasteiger partial charge in [0.25, 0.3) is 0 Å². The summed E-state index contributed by atoms with van der Waals surface area (Å²) in [6.45, 7) is 1.84. The Morgan fingerprint density at radius 2 is 2.27 bits per heavy atom. The van der Waals surface area contributed by atoms with E-state index in [2.05, 4.69) is 10.3 Å². The number of carbonyl (C=O) groups excluding carboxylic acids is 1. The lowest BCUT2D eigenvalue weighted by Gasteiger charge is -2.33. The van der Waals surface area contributed by atoms with E-state index in [9.17, 15) is 4.79 Å². The predicted octanol–water partition coefficient (Wildman–Crippen LogP) is 0.640. The standard InChI is InChI=1S/C11H14N2O2/c14-10-8-1-4-13-7-9(8)11(15-10)2-5-12-6-3-11/h4,7-8,12H,1-3,5-6H2. The molecule has 4 nitrogen and oxygen atoms in total. The maximum atomic E-state index is 11.7. The van der Waals surface area contributed by atoms with Crippen molar-refractivity contribution in [3.63, 3.8) is 0 Å². The van der Waals surface area contributed by atoms with Crippen molar-refractivity contribution in [2.75, 3.05) is 13.1 Å². The first kappa shape index (κ1) is 9.09. The molecule has 15 heavy (non-hydrogen) atoms. The third kappa shape index (κ3) is 1.24. The average Bonchev–Trinajstić information content (AvgIpc) is 2.55. The van der Waals surface area contributed by atoms with Gasteiger partial charge in [0.2, 0.25) is 0 Å². The number of rotatable bonds is 0. The van der Waals surface area contributed by atoms with E-state index < -0.39 is 0 Å². The van der Waals surface area contributed by atoms with Crippen molar-refractivity contribution in [2.45, 2.75) is 24.9 Å². The first-order chi connectivity index (χ1) is 7.32. The summed E-state index contributed by atoms with van der Waals surface area (Å²) in [6, 6.07) is 0. The number of nitrogens with zero attached hydrogens (tertiary/aromatic N) is 1. The van der Waals surface area contributed by atoms with Crippen molar-refractivity contribution < 1.29 is 9.53 Å². The number of ether oxygens (including phenoxy) is 1.